The van der Waals surface area contributed by atoms with Gasteiger partial charge in [0.25, 0.3) is 5.91 Å². The van der Waals surface area contributed by atoms with Gasteiger partial charge < -0.3 is 15.4 Å². The fourth-order valence-electron chi connectivity index (χ4n) is 3.38. The maximum Gasteiger partial charge on any atom is 0.408 e. The quantitative estimate of drug-likeness (QED) is 0.417. The molecule has 0 radical (unpaired) electrons. The number of terminal acetylenes is 1. The minimum atomic E-state index is -1.04. The third kappa shape index (κ3) is 8.65. The molecule has 0 aliphatic carbocycles. The average Bonchev–Trinajstić information content (AvgIpc) is 2.68. The highest BCUT2D eigenvalue weighted by Gasteiger charge is 2.37. The first kappa shape index (κ1) is 28.4. The molecular formula is C25H37N3O4S. The molecule has 0 aliphatic rings. The van der Waals surface area contributed by atoms with Crippen LogP contribution in [0.25, 0.3) is 0 Å². The molecule has 0 fully saturated rings. The molecule has 33 heavy (non-hydrogen) atoms. The smallest absolute Gasteiger partial charge is 0.408 e. The van der Waals surface area contributed by atoms with Crippen molar-refractivity contribution in [2.45, 2.75) is 78.6 Å². The van der Waals surface area contributed by atoms with Gasteiger partial charge in [-0.1, -0.05) is 24.6 Å². The molecule has 0 bridgehead atoms. The summed E-state index contributed by atoms with van der Waals surface area (Å²) in [5.41, 5.74) is 1.63. The van der Waals surface area contributed by atoms with E-state index >= 15 is 0 Å². The highest BCUT2D eigenvalue weighted by molar-refractivity contribution is 7.98. The minimum absolute atomic E-state index is 0.147. The highest BCUT2D eigenvalue weighted by Crippen LogP contribution is 2.28. The summed E-state index contributed by atoms with van der Waals surface area (Å²) in [6.45, 7) is 12.7. The first-order valence-corrected chi connectivity index (χ1v) is 12.4. The van der Waals surface area contributed by atoms with Crippen molar-refractivity contribution in [2.75, 3.05) is 12.0 Å². The van der Waals surface area contributed by atoms with Crippen LogP contribution >= 0.6 is 11.8 Å². The Balaban J connectivity index is 3.43. The Labute approximate surface area is 202 Å². The zero-order chi connectivity index (χ0) is 25.3. The zero-order valence-electron chi connectivity index (χ0n) is 20.9. The summed E-state index contributed by atoms with van der Waals surface area (Å²) in [4.78, 5) is 40.5. The molecule has 8 heteroatoms. The van der Waals surface area contributed by atoms with Crippen molar-refractivity contribution in [1.29, 1.82) is 0 Å². The van der Waals surface area contributed by atoms with Crippen molar-refractivity contribution < 1.29 is 19.1 Å². The summed E-state index contributed by atoms with van der Waals surface area (Å²) in [5.74, 6) is -0.310. The predicted octanol–water partition coefficient (Wildman–Crippen LogP) is 3.93. The van der Waals surface area contributed by atoms with Crippen molar-refractivity contribution in [3.63, 3.8) is 0 Å². The number of nitrogens with zero attached hydrogens (tertiary/aromatic N) is 1. The van der Waals surface area contributed by atoms with Crippen molar-refractivity contribution >= 4 is 29.7 Å². The van der Waals surface area contributed by atoms with Crippen LogP contribution in [-0.4, -0.2) is 52.5 Å². The van der Waals surface area contributed by atoms with E-state index in [1.165, 1.54) is 11.8 Å². The van der Waals surface area contributed by atoms with Crippen LogP contribution in [0.4, 0.5) is 4.79 Å². The van der Waals surface area contributed by atoms with Gasteiger partial charge in [0.2, 0.25) is 5.91 Å². The number of amides is 3. The van der Waals surface area contributed by atoms with Crippen LogP contribution in [-0.2, 0) is 14.3 Å². The summed E-state index contributed by atoms with van der Waals surface area (Å²) in [6, 6.07) is 5.92. The Morgan fingerprint density at radius 2 is 1.73 bits per heavy atom. The number of nitrogens with one attached hydrogen (secondary N) is 2. The molecule has 0 saturated carbocycles. The minimum Gasteiger partial charge on any atom is -0.444 e. The zero-order valence-corrected chi connectivity index (χ0v) is 21.8. The molecule has 1 aromatic carbocycles. The third-order valence-corrected chi connectivity index (χ3v) is 5.37. The van der Waals surface area contributed by atoms with Gasteiger partial charge in [0.05, 0.1) is 0 Å². The average molecular weight is 476 g/mol. The molecular weight excluding hydrogens is 438 g/mol. The number of alkyl carbamates (subject to hydrolysis) is 1. The number of aryl methyl sites for hydroxylation is 2. The third-order valence-electron chi connectivity index (χ3n) is 4.73. The molecule has 0 aromatic heterocycles. The summed E-state index contributed by atoms with van der Waals surface area (Å²) >= 11 is 1.54. The van der Waals surface area contributed by atoms with E-state index in [0.29, 0.717) is 17.7 Å². The molecule has 0 heterocycles. The predicted molar refractivity (Wildman–Crippen MR) is 134 cm³/mol. The summed E-state index contributed by atoms with van der Waals surface area (Å²) < 4.78 is 5.34. The topological polar surface area (TPSA) is 87.7 Å². The fraction of sp³-hybridized carbons (Fsp3) is 0.560. The second-order valence-corrected chi connectivity index (χ2v) is 10.2. The number of carbonyl (C=O) groups excluding carboxylic acids is 3. The van der Waals surface area contributed by atoms with Gasteiger partial charge >= 0.3 is 6.09 Å². The second kappa shape index (κ2) is 12.5. The molecule has 1 rings (SSSR count). The van der Waals surface area contributed by atoms with E-state index in [4.69, 9.17) is 11.2 Å². The van der Waals surface area contributed by atoms with Gasteiger partial charge in [0, 0.05) is 12.1 Å². The monoisotopic (exact) mass is 475 g/mol. The molecule has 3 amide bonds. The largest absolute Gasteiger partial charge is 0.444 e. The van der Waals surface area contributed by atoms with Gasteiger partial charge in [0.15, 0.2) is 0 Å². The van der Waals surface area contributed by atoms with Crippen LogP contribution in [0.15, 0.2) is 18.2 Å². The summed E-state index contributed by atoms with van der Waals surface area (Å²) in [6.07, 6.45) is 7.33. The second-order valence-electron chi connectivity index (χ2n) is 9.19. The van der Waals surface area contributed by atoms with E-state index in [2.05, 4.69) is 16.7 Å². The molecule has 1 aromatic rings. The van der Waals surface area contributed by atoms with Crippen LogP contribution in [0.3, 0.4) is 0 Å². The molecule has 0 saturated heterocycles. The molecule has 2 atom stereocenters. The lowest BCUT2D eigenvalue weighted by molar-refractivity contribution is -0.138. The van der Waals surface area contributed by atoms with Gasteiger partial charge in [-0.15, -0.1) is 0 Å². The lowest BCUT2D eigenvalue weighted by atomic mass is 9.93. The van der Waals surface area contributed by atoms with E-state index in [9.17, 15) is 14.4 Å². The van der Waals surface area contributed by atoms with E-state index in [0.717, 1.165) is 16.0 Å². The SMILES string of the molecule is C#CN(C(=O)C(CCSC)NC(=O)OC(C)(C)C)C(C(=O)NC(C)C)c1c(C)cccc1C. The Hall–Kier alpha value is -2.66. The van der Waals surface area contributed by atoms with Crippen LogP contribution in [0.2, 0.25) is 0 Å². The standard InChI is InChI=1S/C25H37N3O4S/c1-10-28(23(30)19(14-15-33-9)27-24(31)32-25(6,7)8)21(22(29)26-16(2)3)20-17(4)12-11-13-18(20)5/h1,11-13,16,19,21H,14-15H2,2-9H3,(H,26,29)(H,27,31). The van der Waals surface area contributed by atoms with Gasteiger partial charge in [-0.25, -0.2) is 4.79 Å². The van der Waals surface area contributed by atoms with Crippen LogP contribution in [0, 0.1) is 26.3 Å². The van der Waals surface area contributed by atoms with Gasteiger partial charge in [-0.05, 0) is 83.6 Å². The molecule has 2 unspecified atom stereocenters. The number of thioether (sulfide) groups is 1. The van der Waals surface area contributed by atoms with Gasteiger partial charge in [-0.2, -0.15) is 11.8 Å². The number of ether oxygens (including phenoxy) is 1. The van der Waals surface area contributed by atoms with E-state index in [-0.39, 0.29) is 11.9 Å². The Bertz CT molecular complexity index is 866. The van der Waals surface area contributed by atoms with Gasteiger partial charge in [0.1, 0.15) is 17.7 Å². The molecule has 0 spiro atoms. The molecule has 2 N–H and O–H groups in total. The van der Waals surface area contributed by atoms with Crippen molar-refractivity contribution in [3.8, 4) is 12.5 Å². The van der Waals surface area contributed by atoms with Crippen molar-refractivity contribution in [1.82, 2.24) is 15.5 Å². The number of carbonyl (C=O) groups is 3. The van der Waals surface area contributed by atoms with E-state index in [1.807, 2.05) is 52.1 Å². The summed E-state index contributed by atoms with van der Waals surface area (Å²) in [7, 11) is 0. The lowest BCUT2D eigenvalue weighted by Crippen LogP contribution is -2.52. The molecule has 7 nitrogen and oxygen atoms in total. The normalized spacial score (nSPS) is 13.0. The first-order valence-electron chi connectivity index (χ1n) is 11.0. The van der Waals surface area contributed by atoms with Crippen molar-refractivity contribution in [2.24, 2.45) is 0 Å². The Morgan fingerprint density at radius 3 is 2.18 bits per heavy atom. The molecule has 182 valence electrons. The number of hydrogen-bond donors (Lipinski definition) is 2. The molecule has 0 aliphatic heterocycles. The fourth-order valence-corrected chi connectivity index (χ4v) is 3.85. The van der Waals surface area contributed by atoms with E-state index < -0.39 is 29.7 Å². The number of rotatable bonds is 9. The maximum atomic E-state index is 13.6. The number of benzene rings is 1. The Kier molecular flexibility index (Phi) is 10.8. The Morgan fingerprint density at radius 1 is 1.15 bits per heavy atom. The number of hydrogen-bond acceptors (Lipinski definition) is 5. The summed E-state index contributed by atoms with van der Waals surface area (Å²) in [5, 5.41) is 5.52. The highest BCUT2D eigenvalue weighted by atomic mass is 32.2. The van der Waals surface area contributed by atoms with Crippen LogP contribution < -0.4 is 10.6 Å². The van der Waals surface area contributed by atoms with Crippen molar-refractivity contribution in [3.05, 3.63) is 34.9 Å². The van der Waals surface area contributed by atoms with Gasteiger partial charge in [-0.3, -0.25) is 14.5 Å². The first-order chi connectivity index (χ1) is 15.3. The van der Waals surface area contributed by atoms with Crippen LogP contribution in [0.5, 0.6) is 0 Å². The van der Waals surface area contributed by atoms with E-state index in [1.54, 1.807) is 20.8 Å². The lowest BCUT2D eigenvalue weighted by Gasteiger charge is -2.32. The maximum absolute atomic E-state index is 13.6. The van der Waals surface area contributed by atoms with Crippen LogP contribution in [0.1, 0.15) is 63.8 Å².